The fourth-order valence-electron chi connectivity index (χ4n) is 3.81. The van der Waals surface area contributed by atoms with Crippen molar-refractivity contribution < 1.29 is 22.7 Å². The maximum absolute atomic E-state index is 13.1. The van der Waals surface area contributed by atoms with Crippen molar-refractivity contribution in [2.45, 2.75) is 18.4 Å². The summed E-state index contributed by atoms with van der Waals surface area (Å²) in [4.78, 5) is 14.4. The Hall–Kier alpha value is -3.10. The van der Waals surface area contributed by atoms with Crippen molar-refractivity contribution in [1.82, 2.24) is 4.72 Å². The molecule has 0 aromatic heterocycles. The van der Waals surface area contributed by atoms with Crippen LogP contribution in [0.1, 0.15) is 22.8 Å². The van der Waals surface area contributed by atoms with Crippen LogP contribution in [-0.2, 0) is 16.6 Å². The lowest BCUT2D eigenvalue weighted by molar-refractivity contribution is 0.0994. The van der Waals surface area contributed by atoms with Crippen molar-refractivity contribution in [3.8, 4) is 11.5 Å². The molecule has 3 aromatic carbocycles. The summed E-state index contributed by atoms with van der Waals surface area (Å²) in [6, 6.07) is 13.7. The normalized spacial score (nSPS) is 13.2. The van der Waals surface area contributed by atoms with Gasteiger partial charge in [0.1, 0.15) is 0 Å². The Morgan fingerprint density at radius 1 is 1.00 bits per heavy atom. The minimum atomic E-state index is -3.82. The van der Waals surface area contributed by atoms with E-state index in [1.807, 2.05) is 6.92 Å². The molecule has 3 aromatic rings. The predicted octanol–water partition coefficient (Wildman–Crippen LogP) is 3.32. The third kappa shape index (κ3) is 3.18. The molecule has 0 radical (unpaired) electrons. The predicted molar refractivity (Wildman–Crippen MR) is 115 cm³/mol. The van der Waals surface area contributed by atoms with Crippen LogP contribution in [0.4, 0.5) is 5.69 Å². The largest absolute Gasteiger partial charge is 0.493 e. The molecule has 0 spiro atoms. The van der Waals surface area contributed by atoms with Gasteiger partial charge in [-0.1, -0.05) is 18.2 Å². The molecule has 156 valence electrons. The highest BCUT2D eigenvalue weighted by Gasteiger charge is 2.31. The van der Waals surface area contributed by atoms with E-state index in [-0.39, 0.29) is 17.3 Å². The van der Waals surface area contributed by atoms with E-state index in [1.54, 1.807) is 60.5 Å². The van der Waals surface area contributed by atoms with E-state index in [0.717, 1.165) is 11.3 Å². The first-order chi connectivity index (χ1) is 14.4. The standard InChI is InChI=1S/C22H22N2O5S/c1-4-24-17-9-11-20(15-6-5-7-16(21(15)17)22(24)25)30(26,27)23-13-14-8-10-18(28-2)19(12-14)29-3/h5-12,23H,4,13H2,1-3H3. The number of anilines is 1. The lowest BCUT2D eigenvalue weighted by Gasteiger charge is -2.16. The van der Waals surface area contributed by atoms with Crippen LogP contribution in [0.5, 0.6) is 11.5 Å². The van der Waals surface area contributed by atoms with Gasteiger partial charge in [0.15, 0.2) is 11.5 Å². The molecule has 1 aliphatic heterocycles. The van der Waals surface area contributed by atoms with Gasteiger partial charge in [0.25, 0.3) is 5.91 Å². The van der Waals surface area contributed by atoms with Gasteiger partial charge < -0.3 is 14.4 Å². The third-order valence-electron chi connectivity index (χ3n) is 5.26. The number of sulfonamides is 1. The molecule has 0 unspecified atom stereocenters. The summed E-state index contributed by atoms with van der Waals surface area (Å²) in [5.41, 5.74) is 2.00. The molecule has 1 heterocycles. The number of hydrogen-bond donors (Lipinski definition) is 1. The van der Waals surface area contributed by atoms with Crippen molar-refractivity contribution in [3.63, 3.8) is 0 Å². The van der Waals surface area contributed by atoms with Crippen LogP contribution >= 0.6 is 0 Å². The number of ether oxygens (including phenoxy) is 2. The number of carbonyl (C=O) groups excluding carboxylic acids is 1. The Kier molecular flexibility index (Phi) is 5.13. The topological polar surface area (TPSA) is 84.9 Å². The van der Waals surface area contributed by atoms with Crippen LogP contribution in [0.25, 0.3) is 10.8 Å². The fraction of sp³-hybridized carbons (Fsp3) is 0.227. The zero-order valence-electron chi connectivity index (χ0n) is 16.9. The van der Waals surface area contributed by atoms with E-state index in [9.17, 15) is 13.2 Å². The number of amides is 1. The molecule has 0 fully saturated rings. The van der Waals surface area contributed by atoms with Gasteiger partial charge in [-0.25, -0.2) is 13.1 Å². The second-order valence-electron chi connectivity index (χ2n) is 6.87. The molecule has 0 bridgehead atoms. The molecule has 1 amide bonds. The lowest BCUT2D eigenvalue weighted by Crippen LogP contribution is -2.26. The first-order valence-electron chi connectivity index (χ1n) is 9.49. The van der Waals surface area contributed by atoms with E-state index in [2.05, 4.69) is 4.72 Å². The summed E-state index contributed by atoms with van der Waals surface area (Å²) < 4.78 is 39.3. The van der Waals surface area contributed by atoms with E-state index >= 15 is 0 Å². The Morgan fingerprint density at radius 2 is 1.77 bits per heavy atom. The van der Waals surface area contributed by atoms with Crippen molar-refractivity contribution >= 4 is 32.4 Å². The van der Waals surface area contributed by atoms with Gasteiger partial charge in [0, 0.05) is 29.4 Å². The van der Waals surface area contributed by atoms with Crippen LogP contribution in [-0.4, -0.2) is 35.1 Å². The van der Waals surface area contributed by atoms with Gasteiger partial charge in [-0.05, 0) is 42.8 Å². The molecule has 8 heteroatoms. The maximum atomic E-state index is 13.1. The van der Waals surface area contributed by atoms with Gasteiger partial charge >= 0.3 is 0 Å². The third-order valence-corrected chi connectivity index (χ3v) is 6.72. The number of rotatable bonds is 7. The van der Waals surface area contributed by atoms with Crippen LogP contribution in [0, 0.1) is 0 Å². The van der Waals surface area contributed by atoms with Crippen molar-refractivity contribution in [2.75, 3.05) is 25.7 Å². The van der Waals surface area contributed by atoms with Crippen LogP contribution in [0.2, 0.25) is 0 Å². The minimum absolute atomic E-state index is 0.0889. The summed E-state index contributed by atoms with van der Waals surface area (Å²) in [5, 5.41) is 1.22. The Labute approximate surface area is 175 Å². The summed E-state index contributed by atoms with van der Waals surface area (Å²) >= 11 is 0. The average molecular weight is 426 g/mol. The highest BCUT2D eigenvalue weighted by atomic mass is 32.2. The Bertz CT molecular complexity index is 1250. The highest BCUT2D eigenvalue weighted by Crippen LogP contribution is 2.40. The van der Waals surface area contributed by atoms with Crippen molar-refractivity contribution in [1.29, 1.82) is 0 Å². The second-order valence-corrected chi connectivity index (χ2v) is 8.61. The summed E-state index contributed by atoms with van der Waals surface area (Å²) in [6.45, 7) is 2.50. The number of hydrogen-bond acceptors (Lipinski definition) is 5. The number of nitrogens with zero attached hydrogens (tertiary/aromatic N) is 1. The molecule has 30 heavy (non-hydrogen) atoms. The van der Waals surface area contributed by atoms with E-state index < -0.39 is 10.0 Å². The van der Waals surface area contributed by atoms with Gasteiger partial charge in [-0.2, -0.15) is 0 Å². The number of nitrogens with one attached hydrogen (secondary N) is 1. The maximum Gasteiger partial charge on any atom is 0.258 e. The molecule has 7 nitrogen and oxygen atoms in total. The zero-order chi connectivity index (χ0) is 21.5. The van der Waals surface area contributed by atoms with E-state index in [4.69, 9.17) is 9.47 Å². The fourth-order valence-corrected chi connectivity index (χ4v) is 5.03. The summed E-state index contributed by atoms with van der Waals surface area (Å²) in [7, 11) is -0.750. The number of benzene rings is 3. The molecular weight excluding hydrogens is 404 g/mol. The smallest absolute Gasteiger partial charge is 0.258 e. The monoisotopic (exact) mass is 426 g/mol. The first kappa shape index (κ1) is 20.2. The zero-order valence-corrected chi connectivity index (χ0v) is 17.7. The minimum Gasteiger partial charge on any atom is -0.493 e. The average Bonchev–Trinajstić information content (AvgIpc) is 3.04. The highest BCUT2D eigenvalue weighted by molar-refractivity contribution is 7.89. The number of methoxy groups -OCH3 is 2. The molecular formula is C22H22N2O5S. The van der Waals surface area contributed by atoms with E-state index in [1.165, 1.54) is 7.11 Å². The lowest BCUT2D eigenvalue weighted by atomic mass is 10.1. The first-order valence-corrected chi connectivity index (χ1v) is 11.0. The van der Waals surface area contributed by atoms with Crippen LogP contribution in [0.3, 0.4) is 0 Å². The molecule has 0 saturated heterocycles. The molecule has 0 atom stereocenters. The van der Waals surface area contributed by atoms with Gasteiger partial charge in [0.2, 0.25) is 10.0 Å². The van der Waals surface area contributed by atoms with E-state index in [0.29, 0.717) is 34.4 Å². The van der Waals surface area contributed by atoms with Crippen molar-refractivity contribution in [2.24, 2.45) is 0 Å². The quantitative estimate of drug-likeness (QED) is 0.627. The van der Waals surface area contributed by atoms with Gasteiger partial charge in [-0.15, -0.1) is 0 Å². The van der Waals surface area contributed by atoms with Gasteiger partial charge in [0.05, 0.1) is 24.8 Å². The Balaban J connectivity index is 1.69. The molecule has 1 N–H and O–H groups in total. The SMILES string of the molecule is CCN1C(=O)c2cccc3c(S(=O)(=O)NCc4ccc(OC)c(OC)c4)ccc1c23. The van der Waals surface area contributed by atoms with Crippen molar-refractivity contribution in [3.05, 3.63) is 59.7 Å². The second kappa shape index (κ2) is 7.62. The molecule has 0 saturated carbocycles. The van der Waals surface area contributed by atoms with Crippen LogP contribution < -0.4 is 19.1 Å². The van der Waals surface area contributed by atoms with Gasteiger partial charge in [-0.3, -0.25) is 4.79 Å². The summed E-state index contributed by atoms with van der Waals surface area (Å²) in [5.74, 6) is 0.991. The molecule has 0 aliphatic carbocycles. The number of carbonyl (C=O) groups is 1. The molecule has 4 rings (SSSR count). The van der Waals surface area contributed by atoms with Crippen LogP contribution in [0.15, 0.2) is 53.4 Å². The Morgan fingerprint density at radius 3 is 2.47 bits per heavy atom. The molecule has 1 aliphatic rings. The summed E-state index contributed by atoms with van der Waals surface area (Å²) in [6.07, 6.45) is 0.